The van der Waals surface area contributed by atoms with Gasteiger partial charge in [0.2, 0.25) is 0 Å². The van der Waals surface area contributed by atoms with Crippen molar-refractivity contribution < 1.29 is 0 Å². The molecule has 1 aliphatic rings. The molecule has 0 aromatic carbocycles. The van der Waals surface area contributed by atoms with E-state index in [2.05, 4.69) is 31.0 Å². The molecule has 2 atom stereocenters. The summed E-state index contributed by atoms with van der Waals surface area (Å²) in [4.78, 5) is 2.77. The minimum Gasteiger partial charge on any atom is -0.311 e. The lowest BCUT2D eigenvalue weighted by Crippen LogP contribution is -2.56. The zero-order valence-corrected chi connectivity index (χ0v) is 13.6. The van der Waals surface area contributed by atoms with Crippen LogP contribution in [0.1, 0.15) is 78.6 Å². The third-order valence-electron chi connectivity index (χ3n) is 4.53. The molecule has 1 heterocycles. The van der Waals surface area contributed by atoms with Gasteiger partial charge in [-0.3, -0.25) is 4.90 Å². The Balaban J connectivity index is 2.21. The Bertz CT molecular complexity index is 205. The fraction of sp³-hybridized carbons (Fsp3) is 1.00. The van der Waals surface area contributed by atoms with Crippen LogP contribution in [0.3, 0.4) is 0 Å². The first-order valence-corrected chi connectivity index (χ1v) is 8.79. The number of hydrogen-bond donors (Lipinski definition) is 1. The van der Waals surface area contributed by atoms with Crippen LogP contribution in [-0.2, 0) is 0 Å². The van der Waals surface area contributed by atoms with Crippen LogP contribution >= 0.6 is 0 Å². The lowest BCUT2D eigenvalue weighted by Gasteiger charge is -2.40. The highest BCUT2D eigenvalue weighted by atomic mass is 15.2. The van der Waals surface area contributed by atoms with Crippen LogP contribution < -0.4 is 5.32 Å². The second-order valence-electron chi connectivity index (χ2n) is 6.22. The Morgan fingerprint density at radius 2 is 1.68 bits per heavy atom. The molecule has 1 fully saturated rings. The minimum absolute atomic E-state index is 0.730. The highest BCUT2D eigenvalue weighted by Gasteiger charge is 2.25. The van der Waals surface area contributed by atoms with E-state index >= 15 is 0 Å². The molecule has 0 radical (unpaired) electrons. The summed E-state index contributed by atoms with van der Waals surface area (Å²) in [6.07, 6.45) is 12.4. The van der Waals surface area contributed by atoms with Crippen LogP contribution in [0, 0.1) is 0 Å². The SMILES string of the molecule is CCCCCCCCN1CC(CC)NCC1CCC. The Labute approximate surface area is 121 Å². The average Bonchev–Trinajstić information content (AvgIpc) is 2.44. The normalized spacial score (nSPS) is 24.8. The van der Waals surface area contributed by atoms with Gasteiger partial charge in [-0.25, -0.2) is 0 Å². The fourth-order valence-electron chi connectivity index (χ4n) is 3.19. The molecule has 0 amide bonds. The maximum Gasteiger partial charge on any atom is 0.0221 e. The topological polar surface area (TPSA) is 15.3 Å². The lowest BCUT2D eigenvalue weighted by atomic mass is 10.0. The van der Waals surface area contributed by atoms with Crippen LogP contribution in [-0.4, -0.2) is 36.6 Å². The van der Waals surface area contributed by atoms with E-state index in [1.54, 1.807) is 0 Å². The number of nitrogens with one attached hydrogen (secondary N) is 1. The molecule has 114 valence electrons. The summed E-state index contributed by atoms with van der Waals surface area (Å²) in [6.45, 7) is 10.7. The van der Waals surface area contributed by atoms with E-state index in [1.165, 1.54) is 77.4 Å². The number of piperazine rings is 1. The summed E-state index contributed by atoms with van der Waals surface area (Å²) >= 11 is 0. The van der Waals surface area contributed by atoms with Crippen molar-refractivity contribution in [2.45, 2.75) is 90.6 Å². The van der Waals surface area contributed by atoms with Crippen molar-refractivity contribution in [3.63, 3.8) is 0 Å². The summed E-state index contributed by atoms with van der Waals surface area (Å²) in [6, 6.07) is 1.52. The average molecular weight is 268 g/mol. The molecule has 1 N–H and O–H groups in total. The maximum atomic E-state index is 3.71. The largest absolute Gasteiger partial charge is 0.311 e. The van der Waals surface area contributed by atoms with Gasteiger partial charge in [0.15, 0.2) is 0 Å². The molecule has 0 spiro atoms. The Kier molecular flexibility index (Phi) is 9.54. The van der Waals surface area contributed by atoms with Gasteiger partial charge in [-0.05, 0) is 25.8 Å². The third-order valence-corrected chi connectivity index (χ3v) is 4.53. The number of hydrogen-bond acceptors (Lipinski definition) is 2. The van der Waals surface area contributed by atoms with E-state index in [0.717, 1.165) is 12.1 Å². The van der Waals surface area contributed by atoms with Crippen molar-refractivity contribution in [1.82, 2.24) is 10.2 Å². The Morgan fingerprint density at radius 1 is 0.947 bits per heavy atom. The molecule has 1 aliphatic heterocycles. The molecule has 0 saturated carbocycles. The van der Waals surface area contributed by atoms with Crippen molar-refractivity contribution in [3.8, 4) is 0 Å². The fourth-order valence-corrected chi connectivity index (χ4v) is 3.19. The van der Waals surface area contributed by atoms with Gasteiger partial charge in [-0.2, -0.15) is 0 Å². The van der Waals surface area contributed by atoms with Gasteiger partial charge in [0.05, 0.1) is 0 Å². The van der Waals surface area contributed by atoms with Crippen LogP contribution in [0.25, 0.3) is 0 Å². The molecule has 0 aliphatic carbocycles. The van der Waals surface area contributed by atoms with Crippen molar-refractivity contribution in [2.75, 3.05) is 19.6 Å². The Morgan fingerprint density at radius 3 is 2.37 bits per heavy atom. The Hall–Kier alpha value is -0.0800. The van der Waals surface area contributed by atoms with Gasteiger partial charge in [0.25, 0.3) is 0 Å². The first kappa shape index (κ1) is 17.0. The van der Waals surface area contributed by atoms with Crippen molar-refractivity contribution in [2.24, 2.45) is 0 Å². The number of rotatable bonds is 10. The van der Waals surface area contributed by atoms with Gasteiger partial charge in [0.1, 0.15) is 0 Å². The highest BCUT2D eigenvalue weighted by Crippen LogP contribution is 2.15. The number of unbranched alkanes of at least 4 members (excludes halogenated alkanes) is 5. The third kappa shape index (κ3) is 6.76. The first-order chi connectivity index (χ1) is 9.31. The van der Waals surface area contributed by atoms with Crippen molar-refractivity contribution in [1.29, 1.82) is 0 Å². The van der Waals surface area contributed by atoms with E-state index in [0.29, 0.717) is 0 Å². The van der Waals surface area contributed by atoms with Crippen LogP contribution in [0.5, 0.6) is 0 Å². The standard InChI is InChI=1S/C17H36N2/c1-4-7-8-9-10-11-13-19-15-16(6-3)18-14-17(19)12-5-2/h16-18H,4-15H2,1-3H3. The second kappa shape index (κ2) is 10.7. The van der Waals surface area contributed by atoms with Gasteiger partial charge in [-0.1, -0.05) is 59.3 Å². The lowest BCUT2D eigenvalue weighted by molar-refractivity contribution is 0.118. The van der Waals surface area contributed by atoms with Crippen LogP contribution in [0.4, 0.5) is 0 Å². The highest BCUT2D eigenvalue weighted by molar-refractivity contribution is 4.85. The van der Waals surface area contributed by atoms with E-state index in [-0.39, 0.29) is 0 Å². The molecular formula is C17H36N2. The van der Waals surface area contributed by atoms with Crippen LogP contribution in [0.2, 0.25) is 0 Å². The van der Waals surface area contributed by atoms with E-state index in [4.69, 9.17) is 0 Å². The molecule has 1 rings (SSSR count). The molecule has 0 bridgehead atoms. The summed E-state index contributed by atoms with van der Waals surface area (Å²) in [5.74, 6) is 0. The van der Waals surface area contributed by atoms with Crippen LogP contribution in [0.15, 0.2) is 0 Å². The monoisotopic (exact) mass is 268 g/mol. The first-order valence-electron chi connectivity index (χ1n) is 8.79. The maximum absolute atomic E-state index is 3.71. The molecule has 2 nitrogen and oxygen atoms in total. The minimum atomic E-state index is 0.730. The van der Waals surface area contributed by atoms with E-state index in [9.17, 15) is 0 Å². The molecule has 0 aromatic heterocycles. The van der Waals surface area contributed by atoms with E-state index in [1.807, 2.05) is 0 Å². The van der Waals surface area contributed by atoms with Gasteiger partial charge in [0, 0.05) is 25.2 Å². The number of nitrogens with zero attached hydrogens (tertiary/aromatic N) is 1. The van der Waals surface area contributed by atoms with Gasteiger partial charge in [-0.15, -0.1) is 0 Å². The zero-order valence-electron chi connectivity index (χ0n) is 13.6. The van der Waals surface area contributed by atoms with Crippen molar-refractivity contribution >= 4 is 0 Å². The molecule has 2 unspecified atom stereocenters. The van der Waals surface area contributed by atoms with E-state index < -0.39 is 0 Å². The second-order valence-corrected chi connectivity index (χ2v) is 6.22. The summed E-state index contributed by atoms with van der Waals surface area (Å²) in [5.41, 5.74) is 0. The molecule has 1 saturated heterocycles. The molecule has 19 heavy (non-hydrogen) atoms. The summed E-state index contributed by atoms with van der Waals surface area (Å²) in [7, 11) is 0. The quantitative estimate of drug-likeness (QED) is 0.597. The molecule has 0 aromatic rings. The predicted molar refractivity (Wildman–Crippen MR) is 85.7 cm³/mol. The molecular weight excluding hydrogens is 232 g/mol. The molecule has 2 heteroatoms. The smallest absolute Gasteiger partial charge is 0.0221 e. The van der Waals surface area contributed by atoms with Gasteiger partial charge < -0.3 is 5.32 Å². The summed E-state index contributed by atoms with van der Waals surface area (Å²) < 4.78 is 0. The van der Waals surface area contributed by atoms with Crippen molar-refractivity contribution in [3.05, 3.63) is 0 Å². The predicted octanol–water partition coefficient (Wildman–Crippen LogP) is 4.20. The summed E-state index contributed by atoms with van der Waals surface area (Å²) in [5, 5.41) is 3.71. The van der Waals surface area contributed by atoms with Gasteiger partial charge >= 0.3 is 0 Å². The zero-order chi connectivity index (χ0) is 13.9.